The van der Waals surface area contributed by atoms with Gasteiger partial charge in [-0.2, -0.15) is 0 Å². The van der Waals surface area contributed by atoms with E-state index in [4.69, 9.17) is 0 Å². The molecule has 1 nitrogen and oxygen atoms in total. The Labute approximate surface area is 90.7 Å². The van der Waals surface area contributed by atoms with Crippen LogP contribution in [0.1, 0.15) is 67.2 Å². The summed E-state index contributed by atoms with van der Waals surface area (Å²) in [7, 11) is 0. The Hall–Kier alpha value is -0.0400. The zero-order valence-corrected chi connectivity index (χ0v) is 11.0. The van der Waals surface area contributed by atoms with Crippen LogP contribution in [0.25, 0.3) is 0 Å². The molecule has 0 bridgehead atoms. The molecule has 0 saturated carbocycles. The zero-order valence-electron chi connectivity index (χ0n) is 11.0. The van der Waals surface area contributed by atoms with Gasteiger partial charge in [0.1, 0.15) is 0 Å². The van der Waals surface area contributed by atoms with Crippen LogP contribution in [-0.4, -0.2) is 12.1 Å². The van der Waals surface area contributed by atoms with E-state index < -0.39 is 0 Å². The summed E-state index contributed by atoms with van der Waals surface area (Å²) in [6.07, 6.45) is 5.31. The minimum absolute atomic E-state index is 0.278. The van der Waals surface area contributed by atoms with Gasteiger partial charge in [0.25, 0.3) is 0 Å². The molecule has 0 atom stereocenters. The fourth-order valence-corrected chi connectivity index (χ4v) is 1.37. The molecule has 0 spiro atoms. The molecular formula is C13H29N. The Morgan fingerprint density at radius 2 is 1.50 bits per heavy atom. The minimum Gasteiger partial charge on any atom is -0.312 e. The molecule has 0 aliphatic heterocycles. The predicted octanol–water partition coefficient (Wildman–Crippen LogP) is 3.98. The van der Waals surface area contributed by atoms with Crippen LogP contribution in [-0.2, 0) is 0 Å². The van der Waals surface area contributed by atoms with Gasteiger partial charge in [-0.1, -0.05) is 33.6 Å². The summed E-state index contributed by atoms with van der Waals surface area (Å²) in [5.74, 6) is 0. The summed E-state index contributed by atoms with van der Waals surface area (Å²) < 4.78 is 0. The summed E-state index contributed by atoms with van der Waals surface area (Å²) in [6.45, 7) is 14.8. The molecule has 0 amide bonds. The fraction of sp³-hybridized carbons (Fsp3) is 1.00. The maximum atomic E-state index is 3.53. The number of nitrogens with one attached hydrogen (secondary N) is 1. The van der Waals surface area contributed by atoms with Gasteiger partial charge in [0.15, 0.2) is 0 Å². The van der Waals surface area contributed by atoms with E-state index in [9.17, 15) is 0 Å². The lowest BCUT2D eigenvalue weighted by molar-refractivity contribution is 0.304. The second-order valence-corrected chi connectivity index (χ2v) is 6.15. The molecule has 0 saturated heterocycles. The Balaban J connectivity index is 3.39. The molecule has 0 fully saturated rings. The summed E-state index contributed by atoms with van der Waals surface area (Å²) >= 11 is 0. The van der Waals surface area contributed by atoms with Gasteiger partial charge in [0, 0.05) is 5.54 Å². The van der Waals surface area contributed by atoms with Crippen molar-refractivity contribution in [2.75, 3.05) is 6.54 Å². The number of hydrogen-bond acceptors (Lipinski definition) is 1. The predicted molar refractivity (Wildman–Crippen MR) is 65.7 cm³/mol. The molecule has 0 aromatic carbocycles. The largest absolute Gasteiger partial charge is 0.312 e. The van der Waals surface area contributed by atoms with Crippen LogP contribution >= 0.6 is 0 Å². The van der Waals surface area contributed by atoms with E-state index in [-0.39, 0.29) is 5.54 Å². The second kappa shape index (κ2) is 5.75. The zero-order chi connectivity index (χ0) is 11.2. The normalized spacial score (nSPS) is 13.3. The topological polar surface area (TPSA) is 12.0 Å². The molecule has 0 unspecified atom stereocenters. The van der Waals surface area contributed by atoms with Gasteiger partial charge < -0.3 is 5.32 Å². The van der Waals surface area contributed by atoms with Gasteiger partial charge in [0.05, 0.1) is 0 Å². The van der Waals surface area contributed by atoms with Crippen LogP contribution in [0.3, 0.4) is 0 Å². The Kier molecular flexibility index (Phi) is 5.73. The molecule has 0 aromatic heterocycles. The monoisotopic (exact) mass is 199 g/mol. The van der Waals surface area contributed by atoms with Crippen molar-refractivity contribution in [3.8, 4) is 0 Å². The van der Waals surface area contributed by atoms with Crippen molar-refractivity contribution in [2.24, 2.45) is 5.41 Å². The van der Waals surface area contributed by atoms with E-state index in [1.165, 1.54) is 25.7 Å². The van der Waals surface area contributed by atoms with Gasteiger partial charge in [-0.15, -0.1) is 0 Å². The molecule has 0 aliphatic rings. The SMILES string of the molecule is CCC(C)(C)CCCCNC(C)(C)C. The summed E-state index contributed by atoms with van der Waals surface area (Å²) in [6, 6.07) is 0. The van der Waals surface area contributed by atoms with Crippen molar-refractivity contribution in [1.29, 1.82) is 0 Å². The van der Waals surface area contributed by atoms with E-state index in [0.29, 0.717) is 5.41 Å². The fourth-order valence-electron chi connectivity index (χ4n) is 1.37. The van der Waals surface area contributed by atoms with Crippen LogP contribution in [0.15, 0.2) is 0 Å². The first-order valence-corrected chi connectivity index (χ1v) is 6.02. The third kappa shape index (κ3) is 8.55. The van der Waals surface area contributed by atoms with Crippen LogP contribution in [0.5, 0.6) is 0 Å². The van der Waals surface area contributed by atoms with Gasteiger partial charge in [-0.25, -0.2) is 0 Å². The van der Waals surface area contributed by atoms with Crippen LogP contribution in [0.2, 0.25) is 0 Å². The van der Waals surface area contributed by atoms with Gasteiger partial charge in [-0.05, 0) is 45.6 Å². The van der Waals surface area contributed by atoms with Gasteiger partial charge in [-0.3, -0.25) is 0 Å². The van der Waals surface area contributed by atoms with Crippen LogP contribution < -0.4 is 5.32 Å². The van der Waals surface area contributed by atoms with E-state index in [1.54, 1.807) is 0 Å². The number of hydrogen-bond donors (Lipinski definition) is 1. The number of unbranched alkanes of at least 4 members (excludes halogenated alkanes) is 1. The van der Waals surface area contributed by atoms with Crippen molar-refractivity contribution in [2.45, 2.75) is 72.8 Å². The van der Waals surface area contributed by atoms with E-state index >= 15 is 0 Å². The summed E-state index contributed by atoms with van der Waals surface area (Å²) in [5, 5.41) is 3.53. The lowest BCUT2D eigenvalue weighted by atomic mass is 9.85. The Bertz CT molecular complexity index is 142. The first kappa shape index (κ1) is 14.0. The molecule has 0 rings (SSSR count). The smallest absolute Gasteiger partial charge is 0.00965 e. The van der Waals surface area contributed by atoms with E-state index in [1.807, 2.05) is 0 Å². The van der Waals surface area contributed by atoms with Crippen LogP contribution in [0.4, 0.5) is 0 Å². The van der Waals surface area contributed by atoms with Crippen molar-refractivity contribution in [3.63, 3.8) is 0 Å². The Morgan fingerprint density at radius 1 is 0.929 bits per heavy atom. The van der Waals surface area contributed by atoms with E-state index in [0.717, 1.165) is 6.54 Å². The minimum atomic E-state index is 0.278. The Morgan fingerprint density at radius 3 is 1.93 bits per heavy atom. The first-order valence-electron chi connectivity index (χ1n) is 6.02. The average Bonchev–Trinajstić information content (AvgIpc) is 2.01. The summed E-state index contributed by atoms with van der Waals surface area (Å²) in [4.78, 5) is 0. The highest BCUT2D eigenvalue weighted by Crippen LogP contribution is 2.26. The standard InChI is InChI=1S/C13H29N/c1-7-13(5,6)10-8-9-11-14-12(2,3)4/h14H,7-11H2,1-6H3. The summed E-state index contributed by atoms with van der Waals surface area (Å²) in [5.41, 5.74) is 0.821. The highest BCUT2D eigenvalue weighted by atomic mass is 14.9. The van der Waals surface area contributed by atoms with Crippen molar-refractivity contribution in [1.82, 2.24) is 5.32 Å². The molecule has 14 heavy (non-hydrogen) atoms. The average molecular weight is 199 g/mol. The maximum absolute atomic E-state index is 3.53. The lowest BCUT2D eigenvalue weighted by Gasteiger charge is -2.23. The highest BCUT2D eigenvalue weighted by molar-refractivity contribution is 4.71. The van der Waals surface area contributed by atoms with E-state index in [2.05, 4.69) is 46.9 Å². The van der Waals surface area contributed by atoms with Crippen molar-refractivity contribution in [3.05, 3.63) is 0 Å². The highest BCUT2D eigenvalue weighted by Gasteiger charge is 2.14. The second-order valence-electron chi connectivity index (χ2n) is 6.15. The third-order valence-electron chi connectivity index (χ3n) is 2.89. The van der Waals surface area contributed by atoms with Crippen molar-refractivity contribution >= 4 is 0 Å². The molecular weight excluding hydrogens is 170 g/mol. The van der Waals surface area contributed by atoms with Crippen molar-refractivity contribution < 1.29 is 0 Å². The first-order chi connectivity index (χ1) is 6.27. The maximum Gasteiger partial charge on any atom is 0.00965 e. The lowest BCUT2D eigenvalue weighted by Crippen LogP contribution is -2.36. The molecule has 1 heteroatoms. The molecule has 86 valence electrons. The van der Waals surface area contributed by atoms with Gasteiger partial charge in [0.2, 0.25) is 0 Å². The third-order valence-corrected chi connectivity index (χ3v) is 2.89. The molecule has 0 aliphatic carbocycles. The molecule has 0 heterocycles. The van der Waals surface area contributed by atoms with Crippen LogP contribution in [0, 0.1) is 5.41 Å². The quantitative estimate of drug-likeness (QED) is 0.638. The molecule has 0 aromatic rings. The molecule has 1 N–H and O–H groups in total. The van der Waals surface area contributed by atoms with Gasteiger partial charge >= 0.3 is 0 Å². The molecule has 0 radical (unpaired) electrons. The number of rotatable bonds is 6.